The zero-order chi connectivity index (χ0) is 20.8. The predicted molar refractivity (Wildman–Crippen MR) is 113 cm³/mol. The van der Waals surface area contributed by atoms with Crippen molar-refractivity contribution < 1.29 is 19.4 Å². The van der Waals surface area contributed by atoms with Crippen LogP contribution in [-0.2, 0) is 0 Å². The van der Waals surface area contributed by atoms with Crippen LogP contribution in [0.3, 0.4) is 0 Å². The van der Waals surface area contributed by atoms with Crippen LogP contribution in [-0.4, -0.2) is 34.3 Å². The first-order valence-corrected chi connectivity index (χ1v) is 10.00. The number of ether oxygens (including phenoxy) is 2. The van der Waals surface area contributed by atoms with E-state index in [1.807, 2.05) is 32.0 Å². The molecule has 3 aromatic rings. The lowest BCUT2D eigenvalue weighted by Crippen LogP contribution is -2.06. The van der Waals surface area contributed by atoms with Crippen LogP contribution in [0.15, 0.2) is 36.5 Å². The molecule has 0 atom stereocenters. The fourth-order valence-electron chi connectivity index (χ4n) is 3.13. The number of unbranched alkanes of at least 4 members (excludes halogenated alkanes) is 1. The number of aromatic nitrogens is 2. The monoisotopic (exact) mass is 396 g/mol. The molecule has 0 saturated carbocycles. The molecule has 0 amide bonds. The van der Waals surface area contributed by atoms with Crippen molar-refractivity contribution in [2.75, 3.05) is 13.2 Å². The van der Waals surface area contributed by atoms with E-state index in [1.165, 1.54) is 0 Å². The van der Waals surface area contributed by atoms with Gasteiger partial charge in [0.2, 0.25) is 0 Å². The Morgan fingerprint density at radius 3 is 2.66 bits per heavy atom. The smallest absolute Gasteiger partial charge is 0.166 e. The van der Waals surface area contributed by atoms with Crippen molar-refractivity contribution >= 4 is 16.7 Å². The number of aromatic amines is 1. The summed E-state index contributed by atoms with van der Waals surface area (Å²) in [5.74, 6) is 1.64. The maximum atomic E-state index is 12.2. The average molecular weight is 396 g/mol. The summed E-state index contributed by atoms with van der Waals surface area (Å²) < 4.78 is 11.6. The van der Waals surface area contributed by atoms with Crippen molar-refractivity contribution in [1.82, 2.24) is 10.2 Å². The zero-order valence-electron chi connectivity index (χ0n) is 17.2. The lowest BCUT2D eigenvalue weighted by Gasteiger charge is -2.13. The Kier molecular flexibility index (Phi) is 6.75. The van der Waals surface area contributed by atoms with Crippen molar-refractivity contribution in [3.05, 3.63) is 47.7 Å². The first-order valence-electron chi connectivity index (χ1n) is 10.00. The quantitative estimate of drug-likeness (QED) is 0.370. The third kappa shape index (κ3) is 5.28. The molecule has 0 aliphatic rings. The van der Waals surface area contributed by atoms with Gasteiger partial charge in [-0.1, -0.05) is 13.8 Å². The number of aromatic hydroxyl groups is 1. The first kappa shape index (κ1) is 20.7. The molecule has 6 nitrogen and oxygen atoms in total. The summed E-state index contributed by atoms with van der Waals surface area (Å²) in [6.45, 7) is 6.85. The largest absolute Gasteiger partial charge is 0.507 e. The number of nitrogens with one attached hydrogen (secondary N) is 1. The Labute approximate surface area is 170 Å². The fourth-order valence-corrected chi connectivity index (χ4v) is 3.13. The molecule has 0 fully saturated rings. The summed E-state index contributed by atoms with van der Waals surface area (Å²) in [4.78, 5) is 12.2. The number of hydrogen-bond acceptors (Lipinski definition) is 5. The number of carbonyl (C=O) groups is 1. The van der Waals surface area contributed by atoms with Gasteiger partial charge in [-0.25, -0.2) is 0 Å². The predicted octanol–water partition coefficient (Wildman–Crippen LogP) is 5.04. The topological polar surface area (TPSA) is 84.4 Å². The summed E-state index contributed by atoms with van der Waals surface area (Å²) in [7, 11) is 0. The van der Waals surface area contributed by atoms with E-state index in [4.69, 9.17) is 9.47 Å². The Bertz CT molecular complexity index is 978. The molecule has 0 aliphatic heterocycles. The van der Waals surface area contributed by atoms with Crippen LogP contribution < -0.4 is 9.47 Å². The minimum atomic E-state index is -0.0439. The second kappa shape index (κ2) is 9.45. The van der Waals surface area contributed by atoms with Crippen molar-refractivity contribution in [1.29, 1.82) is 0 Å². The molecule has 1 heterocycles. The van der Waals surface area contributed by atoms with Gasteiger partial charge in [-0.05, 0) is 49.9 Å². The molecule has 29 heavy (non-hydrogen) atoms. The number of phenols is 1. The zero-order valence-corrected chi connectivity index (χ0v) is 17.2. The summed E-state index contributed by atoms with van der Waals surface area (Å²) in [5, 5.41) is 18.3. The number of fused-ring (bicyclic) bond motifs is 1. The highest BCUT2D eigenvalue weighted by Gasteiger charge is 2.17. The molecule has 154 valence electrons. The van der Waals surface area contributed by atoms with Gasteiger partial charge in [-0.2, -0.15) is 5.10 Å². The highest BCUT2D eigenvalue weighted by Crippen LogP contribution is 2.32. The molecule has 0 bridgehead atoms. The minimum absolute atomic E-state index is 0.0191. The molecule has 2 N–H and O–H groups in total. The van der Waals surface area contributed by atoms with E-state index in [2.05, 4.69) is 10.2 Å². The third-order valence-corrected chi connectivity index (χ3v) is 4.75. The van der Waals surface area contributed by atoms with Crippen molar-refractivity contribution in [3.63, 3.8) is 0 Å². The van der Waals surface area contributed by atoms with Gasteiger partial charge in [0.05, 0.1) is 30.5 Å². The van der Waals surface area contributed by atoms with Gasteiger partial charge in [-0.15, -0.1) is 0 Å². The lowest BCUT2D eigenvalue weighted by atomic mass is 9.98. The van der Waals surface area contributed by atoms with Gasteiger partial charge in [0.25, 0.3) is 0 Å². The molecule has 2 aromatic carbocycles. The molecule has 6 heteroatoms. The maximum absolute atomic E-state index is 12.2. The molecule has 1 aromatic heterocycles. The Hall–Kier alpha value is -3.02. The van der Waals surface area contributed by atoms with E-state index in [-0.39, 0.29) is 17.5 Å². The van der Waals surface area contributed by atoms with E-state index in [1.54, 1.807) is 25.3 Å². The number of ketones is 1. The summed E-state index contributed by atoms with van der Waals surface area (Å²) in [6, 6.07) is 9.26. The highest BCUT2D eigenvalue weighted by molar-refractivity contribution is 5.99. The second-order valence-electron chi connectivity index (χ2n) is 7.63. The van der Waals surface area contributed by atoms with Crippen LogP contribution in [0.25, 0.3) is 10.9 Å². The summed E-state index contributed by atoms with van der Waals surface area (Å²) in [6.07, 6.45) is 3.86. The third-order valence-electron chi connectivity index (χ3n) is 4.75. The lowest BCUT2D eigenvalue weighted by molar-refractivity contribution is 0.0965. The van der Waals surface area contributed by atoms with Crippen molar-refractivity contribution in [3.8, 4) is 17.2 Å². The van der Waals surface area contributed by atoms with Crippen LogP contribution in [0.1, 0.15) is 49.0 Å². The maximum Gasteiger partial charge on any atom is 0.166 e. The molecule has 0 unspecified atom stereocenters. The second-order valence-corrected chi connectivity index (χ2v) is 7.63. The Morgan fingerprint density at radius 2 is 1.90 bits per heavy atom. The van der Waals surface area contributed by atoms with Gasteiger partial charge >= 0.3 is 0 Å². The standard InChI is InChI=1S/C23H28N2O4/c1-15(2)12-21(26)19-8-9-22(16(3)23(19)27)29-11-5-4-10-28-18-7-6-17-14-24-25-20(17)13-18/h6-9,13-15,27H,4-5,10-12H2,1-3H3,(H,24,25). The Balaban J connectivity index is 1.44. The van der Waals surface area contributed by atoms with Crippen LogP contribution in [0.4, 0.5) is 0 Å². The normalized spacial score (nSPS) is 11.2. The molecule has 0 spiro atoms. The number of rotatable bonds is 10. The van der Waals surface area contributed by atoms with Crippen LogP contribution in [0.2, 0.25) is 0 Å². The number of hydrogen-bond donors (Lipinski definition) is 2. The minimum Gasteiger partial charge on any atom is -0.507 e. The number of phenolic OH excluding ortho intramolecular Hbond substituents is 1. The van der Waals surface area contributed by atoms with Gasteiger partial charge in [0, 0.05) is 23.4 Å². The molecule has 0 aliphatic carbocycles. The van der Waals surface area contributed by atoms with Gasteiger partial charge < -0.3 is 14.6 Å². The molecule has 3 rings (SSSR count). The molecule has 0 saturated heterocycles. The highest BCUT2D eigenvalue weighted by atomic mass is 16.5. The van der Waals surface area contributed by atoms with E-state index in [9.17, 15) is 9.90 Å². The van der Waals surface area contributed by atoms with Crippen molar-refractivity contribution in [2.24, 2.45) is 5.92 Å². The van der Waals surface area contributed by atoms with Crippen LogP contribution in [0, 0.1) is 12.8 Å². The van der Waals surface area contributed by atoms with Gasteiger partial charge in [-0.3, -0.25) is 9.89 Å². The SMILES string of the molecule is Cc1c(OCCCCOc2ccc3cn[nH]c3c2)ccc(C(=O)CC(C)C)c1O. The molecule has 0 radical (unpaired) electrons. The number of benzene rings is 2. The molecular formula is C23H28N2O4. The number of H-pyrrole nitrogens is 1. The van der Waals surface area contributed by atoms with Crippen LogP contribution in [0.5, 0.6) is 17.2 Å². The average Bonchev–Trinajstić information content (AvgIpc) is 3.15. The summed E-state index contributed by atoms with van der Waals surface area (Å²) in [5.41, 5.74) is 1.92. The van der Waals surface area contributed by atoms with E-state index >= 15 is 0 Å². The van der Waals surface area contributed by atoms with E-state index < -0.39 is 0 Å². The van der Waals surface area contributed by atoms with Crippen molar-refractivity contribution in [2.45, 2.75) is 40.0 Å². The van der Waals surface area contributed by atoms with Crippen LogP contribution >= 0.6 is 0 Å². The first-order chi connectivity index (χ1) is 14.0. The molecular weight excluding hydrogens is 368 g/mol. The van der Waals surface area contributed by atoms with Gasteiger partial charge in [0.1, 0.15) is 17.2 Å². The summed E-state index contributed by atoms with van der Waals surface area (Å²) >= 11 is 0. The van der Waals surface area contributed by atoms with Gasteiger partial charge in [0.15, 0.2) is 5.78 Å². The van der Waals surface area contributed by atoms with E-state index in [0.29, 0.717) is 36.5 Å². The number of Topliss-reactive ketones (excluding diaryl/α,β-unsaturated/α-hetero) is 1. The van der Waals surface area contributed by atoms with E-state index in [0.717, 1.165) is 29.5 Å². The number of nitrogens with zero attached hydrogens (tertiary/aromatic N) is 1. The number of carbonyl (C=O) groups excluding carboxylic acids is 1. The Morgan fingerprint density at radius 1 is 1.14 bits per heavy atom. The fraction of sp³-hybridized carbons (Fsp3) is 0.391.